The van der Waals surface area contributed by atoms with E-state index in [1.165, 1.54) is 0 Å². The van der Waals surface area contributed by atoms with Crippen LogP contribution < -0.4 is 21.8 Å². The Hall–Kier alpha value is -0.810. The summed E-state index contributed by atoms with van der Waals surface area (Å²) in [6.45, 7) is 3.30. The van der Waals surface area contributed by atoms with Crippen molar-refractivity contribution in [3.8, 4) is 0 Å². The summed E-state index contributed by atoms with van der Waals surface area (Å²) in [5.74, 6) is 0.626. The molecular weight excluding hydrogens is 168 g/mol. The number of quaternary nitrogens is 1. The van der Waals surface area contributed by atoms with E-state index < -0.39 is 0 Å². The maximum absolute atomic E-state index is 5.62. The Bertz CT molecular complexity index is 138. The Morgan fingerprint density at radius 3 is 2.92 bits per heavy atom. The molecule has 0 saturated heterocycles. The van der Waals surface area contributed by atoms with Gasteiger partial charge in [0, 0.05) is 7.11 Å². The van der Waals surface area contributed by atoms with Gasteiger partial charge in [-0.2, -0.15) is 0 Å². The second-order valence-corrected chi connectivity index (χ2v) is 2.82. The van der Waals surface area contributed by atoms with Gasteiger partial charge in [-0.25, -0.2) is 0 Å². The average molecular weight is 190 g/mol. The van der Waals surface area contributed by atoms with E-state index >= 15 is 0 Å². The first-order valence-electron chi connectivity index (χ1n) is 4.69. The third-order valence-corrected chi connectivity index (χ3v) is 1.61. The fourth-order valence-corrected chi connectivity index (χ4v) is 0.875. The van der Waals surface area contributed by atoms with Crippen molar-refractivity contribution < 1.29 is 15.5 Å². The molecule has 7 N–H and O–H groups in total. The summed E-state index contributed by atoms with van der Waals surface area (Å²) in [4.78, 5) is 3.08. The van der Waals surface area contributed by atoms with Crippen LogP contribution in [0.1, 0.15) is 12.8 Å². The van der Waals surface area contributed by atoms with Crippen LogP contribution in [-0.2, 0) is 4.74 Å². The Labute approximate surface area is 79.5 Å². The van der Waals surface area contributed by atoms with E-state index in [0.717, 1.165) is 32.5 Å². The number of nitrogens with two attached hydrogens (primary N) is 1. The number of hydrogen-bond donors (Lipinski definition) is 4. The van der Waals surface area contributed by atoms with E-state index in [2.05, 4.69) is 16.0 Å². The molecule has 13 heavy (non-hydrogen) atoms. The van der Waals surface area contributed by atoms with Gasteiger partial charge in [0.05, 0.1) is 26.2 Å². The number of ether oxygens (including phenoxy) is 1. The minimum atomic E-state index is 0.626. The minimum Gasteiger partial charge on any atom is -0.381 e. The van der Waals surface area contributed by atoms with Gasteiger partial charge in [-0.05, 0) is 12.8 Å². The standard InChI is InChI=1S/C8H20N4O/c1-13-7-6-12-8(10)11-5-3-2-4-9/h2-7,9H2,1H3,(H3,10,11,12)/p+2. The second-order valence-electron chi connectivity index (χ2n) is 2.82. The van der Waals surface area contributed by atoms with Crippen LogP contribution in [0, 0.1) is 0 Å². The molecule has 0 aliphatic carbocycles. The summed E-state index contributed by atoms with van der Waals surface area (Å²) in [7, 11) is 1.67. The normalized spacial score (nSPS) is 11.7. The number of unbranched alkanes of at least 4 members (excludes halogenated alkanes) is 1. The highest BCUT2D eigenvalue weighted by Gasteiger charge is 1.95. The number of hydrogen-bond acceptors (Lipinski definition) is 1. The molecule has 0 aromatic rings. The molecule has 5 heteroatoms. The molecule has 5 nitrogen and oxygen atoms in total. The molecule has 0 spiro atoms. The van der Waals surface area contributed by atoms with Gasteiger partial charge < -0.3 is 10.5 Å². The van der Waals surface area contributed by atoms with Crippen LogP contribution >= 0.6 is 0 Å². The number of rotatable bonds is 7. The molecule has 0 aliphatic rings. The zero-order chi connectivity index (χ0) is 9.94. The molecule has 0 saturated carbocycles. The summed E-state index contributed by atoms with van der Waals surface area (Å²) in [6, 6.07) is 0. The zero-order valence-corrected chi connectivity index (χ0v) is 8.44. The summed E-state index contributed by atoms with van der Waals surface area (Å²) in [5, 5.41) is 3.00. The van der Waals surface area contributed by atoms with Gasteiger partial charge in [0.2, 0.25) is 0 Å². The SMILES string of the molecule is COCCNC(N)=[NH+]CCCC[NH3+]. The van der Waals surface area contributed by atoms with Crippen LogP contribution in [-0.4, -0.2) is 39.3 Å². The molecule has 0 rings (SSSR count). The first-order valence-corrected chi connectivity index (χ1v) is 4.69. The van der Waals surface area contributed by atoms with E-state index in [9.17, 15) is 0 Å². The largest absolute Gasteiger partial charge is 0.381 e. The first-order chi connectivity index (χ1) is 6.31. The van der Waals surface area contributed by atoms with Crippen LogP contribution in [0.4, 0.5) is 0 Å². The molecule has 0 atom stereocenters. The van der Waals surface area contributed by atoms with Crippen LogP contribution in [0.3, 0.4) is 0 Å². The second kappa shape index (κ2) is 9.28. The van der Waals surface area contributed by atoms with Crippen LogP contribution in [0.2, 0.25) is 0 Å². The first kappa shape index (κ1) is 12.2. The lowest BCUT2D eigenvalue weighted by Gasteiger charge is -1.98. The monoisotopic (exact) mass is 190 g/mol. The lowest BCUT2D eigenvalue weighted by atomic mass is 10.3. The summed E-state index contributed by atoms with van der Waals surface area (Å²) < 4.78 is 4.87. The van der Waals surface area contributed by atoms with Crippen LogP contribution in [0.5, 0.6) is 0 Å². The Morgan fingerprint density at radius 2 is 2.31 bits per heavy atom. The lowest BCUT2D eigenvalue weighted by Crippen LogP contribution is -2.79. The number of methoxy groups -OCH3 is 1. The van der Waals surface area contributed by atoms with Gasteiger partial charge in [-0.15, -0.1) is 0 Å². The topological polar surface area (TPSA) is 88.9 Å². The number of nitrogens with one attached hydrogen (secondary N) is 2. The fourth-order valence-electron chi connectivity index (χ4n) is 0.875. The van der Waals surface area contributed by atoms with E-state index in [1.54, 1.807) is 7.11 Å². The molecule has 0 aliphatic heterocycles. The zero-order valence-electron chi connectivity index (χ0n) is 8.44. The minimum absolute atomic E-state index is 0.626. The molecule has 78 valence electrons. The van der Waals surface area contributed by atoms with Crippen LogP contribution in [0.15, 0.2) is 0 Å². The highest BCUT2D eigenvalue weighted by Crippen LogP contribution is 1.75. The molecule has 0 unspecified atom stereocenters. The predicted octanol–water partition coefficient (Wildman–Crippen LogP) is -3.36. The molecule has 0 fully saturated rings. The van der Waals surface area contributed by atoms with Crippen molar-refractivity contribution in [2.75, 3.05) is 33.4 Å². The fraction of sp³-hybridized carbons (Fsp3) is 0.875. The van der Waals surface area contributed by atoms with E-state index in [-0.39, 0.29) is 0 Å². The molecule has 0 aromatic carbocycles. The molecule has 0 bridgehead atoms. The predicted molar refractivity (Wildman–Crippen MR) is 51.9 cm³/mol. The summed E-state index contributed by atoms with van der Waals surface area (Å²) in [6.07, 6.45) is 2.24. The Morgan fingerprint density at radius 1 is 1.54 bits per heavy atom. The van der Waals surface area contributed by atoms with Crippen molar-refractivity contribution in [2.45, 2.75) is 12.8 Å². The maximum Gasteiger partial charge on any atom is 0.341 e. The maximum atomic E-state index is 5.62. The molecule has 0 radical (unpaired) electrons. The van der Waals surface area contributed by atoms with E-state index in [4.69, 9.17) is 10.5 Å². The summed E-state index contributed by atoms with van der Waals surface area (Å²) >= 11 is 0. The molecule has 0 heterocycles. The van der Waals surface area contributed by atoms with Crippen LogP contribution in [0.25, 0.3) is 0 Å². The van der Waals surface area contributed by atoms with Crippen molar-refractivity contribution in [2.24, 2.45) is 5.73 Å². The Kier molecular flexibility index (Phi) is 8.70. The third-order valence-electron chi connectivity index (χ3n) is 1.61. The third kappa shape index (κ3) is 9.10. The van der Waals surface area contributed by atoms with Crippen molar-refractivity contribution >= 4 is 5.96 Å². The molecular formula is C8H22N4O+2. The van der Waals surface area contributed by atoms with E-state index in [0.29, 0.717) is 12.6 Å². The summed E-state index contributed by atoms with van der Waals surface area (Å²) in [5.41, 5.74) is 9.38. The van der Waals surface area contributed by atoms with Gasteiger partial charge in [0.15, 0.2) is 0 Å². The van der Waals surface area contributed by atoms with Gasteiger partial charge in [-0.1, -0.05) is 0 Å². The van der Waals surface area contributed by atoms with Crippen molar-refractivity contribution in [1.82, 2.24) is 5.32 Å². The Balaban J connectivity index is 3.29. The van der Waals surface area contributed by atoms with Crippen molar-refractivity contribution in [1.29, 1.82) is 0 Å². The quantitative estimate of drug-likeness (QED) is 0.192. The molecule has 0 amide bonds. The highest BCUT2D eigenvalue weighted by molar-refractivity contribution is 5.71. The number of guanidine groups is 1. The van der Waals surface area contributed by atoms with Crippen molar-refractivity contribution in [3.05, 3.63) is 0 Å². The van der Waals surface area contributed by atoms with Gasteiger partial charge in [0.1, 0.15) is 0 Å². The highest BCUT2D eigenvalue weighted by atomic mass is 16.5. The van der Waals surface area contributed by atoms with E-state index in [1.807, 2.05) is 0 Å². The molecule has 0 aromatic heterocycles. The van der Waals surface area contributed by atoms with Gasteiger partial charge in [0.25, 0.3) is 0 Å². The van der Waals surface area contributed by atoms with Crippen molar-refractivity contribution in [3.63, 3.8) is 0 Å². The lowest BCUT2D eigenvalue weighted by molar-refractivity contribution is -0.463. The van der Waals surface area contributed by atoms with Gasteiger partial charge >= 0.3 is 5.96 Å². The average Bonchev–Trinajstić information content (AvgIpc) is 2.13. The van der Waals surface area contributed by atoms with Gasteiger partial charge in [-0.3, -0.25) is 16.0 Å². The smallest absolute Gasteiger partial charge is 0.341 e.